The second kappa shape index (κ2) is 12.4. The zero-order valence-electron chi connectivity index (χ0n) is 15.7. The molecule has 1 fully saturated rings. The number of ether oxygens (including phenoxy) is 2. The van der Waals surface area contributed by atoms with Gasteiger partial charge in [-0.2, -0.15) is 0 Å². The van der Waals surface area contributed by atoms with Crippen molar-refractivity contribution in [2.75, 3.05) is 40.4 Å². The number of likely N-dealkylation sites (tertiary alicyclic amines) is 1. The Hall–Kier alpha value is -1.02. The summed E-state index contributed by atoms with van der Waals surface area (Å²) in [6.07, 6.45) is 4.72. The quantitative estimate of drug-likeness (QED) is 0.293. The molecule has 6 heteroatoms. The largest absolute Gasteiger partial charge is 0.497 e. The van der Waals surface area contributed by atoms with Crippen LogP contribution in [0.1, 0.15) is 31.7 Å². The van der Waals surface area contributed by atoms with Crippen molar-refractivity contribution in [3.05, 3.63) is 29.8 Å². The summed E-state index contributed by atoms with van der Waals surface area (Å²) in [5.41, 5.74) is 1.34. The second-order valence-electron chi connectivity index (χ2n) is 6.07. The first-order valence-electron chi connectivity index (χ1n) is 8.97. The summed E-state index contributed by atoms with van der Waals surface area (Å²) in [6, 6.07) is 8.30. The smallest absolute Gasteiger partial charge is 0.193 e. The molecule has 1 aliphatic heterocycles. The van der Waals surface area contributed by atoms with Crippen LogP contribution >= 0.6 is 24.0 Å². The van der Waals surface area contributed by atoms with Crippen LogP contribution < -0.4 is 10.1 Å². The molecule has 0 aliphatic carbocycles. The monoisotopic (exact) mass is 461 g/mol. The third kappa shape index (κ3) is 7.40. The molecule has 0 amide bonds. The minimum absolute atomic E-state index is 0. The number of piperidine rings is 1. The summed E-state index contributed by atoms with van der Waals surface area (Å²) in [7, 11) is 3.56. The van der Waals surface area contributed by atoms with Crippen molar-refractivity contribution in [3.8, 4) is 5.75 Å². The van der Waals surface area contributed by atoms with Gasteiger partial charge >= 0.3 is 0 Å². The van der Waals surface area contributed by atoms with Gasteiger partial charge in [-0.3, -0.25) is 4.99 Å². The molecule has 0 bridgehead atoms. The highest BCUT2D eigenvalue weighted by Gasteiger charge is 2.21. The minimum Gasteiger partial charge on any atom is -0.497 e. The number of aryl methyl sites for hydroxylation is 1. The molecule has 1 heterocycles. The van der Waals surface area contributed by atoms with Gasteiger partial charge in [0.2, 0.25) is 0 Å². The number of benzene rings is 1. The molecule has 0 saturated carbocycles. The Kier molecular flexibility index (Phi) is 10.9. The van der Waals surface area contributed by atoms with Crippen LogP contribution in [0.5, 0.6) is 5.75 Å². The van der Waals surface area contributed by atoms with Gasteiger partial charge in [-0.15, -0.1) is 24.0 Å². The molecule has 2 rings (SSSR count). The zero-order valence-corrected chi connectivity index (χ0v) is 18.0. The highest BCUT2D eigenvalue weighted by molar-refractivity contribution is 14.0. The summed E-state index contributed by atoms with van der Waals surface area (Å²) >= 11 is 0. The van der Waals surface area contributed by atoms with E-state index in [0.717, 1.165) is 63.6 Å². The van der Waals surface area contributed by atoms with Crippen molar-refractivity contribution in [3.63, 3.8) is 0 Å². The fourth-order valence-electron chi connectivity index (χ4n) is 3.09. The van der Waals surface area contributed by atoms with Crippen LogP contribution in [0, 0.1) is 0 Å². The lowest BCUT2D eigenvalue weighted by Crippen LogP contribution is -2.47. The van der Waals surface area contributed by atoms with Crippen molar-refractivity contribution in [2.45, 2.75) is 38.7 Å². The number of nitrogens with one attached hydrogen (secondary N) is 1. The predicted octanol–water partition coefficient (Wildman–Crippen LogP) is 3.32. The molecular formula is C19H32IN3O2. The number of hydrogen-bond acceptors (Lipinski definition) is 3. The highest BCUT2D eigenvalue weighted by Crippen LogP contribution is 2.14. The van der Waals surface area contributed by atoms with Crippen LogP contribution in [0.3, 0.4) is 0 Å². The maximum absolute atomic E-state index is 5.71. The van der Waals surface area contributed by atoms with E-state index in [1.165, 1.54) is 5.56 Å². The molecular weight excluding hydrogens is 429 g/mol. The normalized spacial score (nSPS) is 15.6. The van der Waals surface area contributed by atoms with Gasteiger partial charge in [-0.05, 0) is 50.3 Å². The Morgan fingerprint density at radius 2 is 1.92 bits per heavy atom. The maximum atomic E-state index is 5.71. The van der Waals surface area contributed by atoms with Gasteiger partial charge in [-0.1, -0.05) is 12.1 Å². The van der Waals surface area contributed by atoms with E-state index in [0.29, 0.717) is 6.10 Å². The lowest BCUT2D eigenvalue weighted by Gasteiger charge is -2.34. The van der Waals surface area contributed by atoms with E-state index in [1.54, 1.807) is 7.11 Å². The van der Waals surface area contributed by atoms with Gasteiger partial charge in [0, 0.05) is 33.3 Å². The Labute approximate surface area is 169 Å². The zero-order chi connectivity index (χ0) is 17.2. The van der Waals surface area contributed by atoms with Crippen molar-refractivity contribution in [1.29, 1.82) is 0 Å². The summed E-state index contributed by atoms with van der Waals surface area (Å²) in [5.74, 6) is 1.92. The molecule has 0 unspecified atom stereocenters. The van der Waals surface area contributed by atoms with Crippen LogP contribution in [-0.4, -0.2) is 57.4 Å². The first kappa shape index (κ1) is 22.0. The molecule has 1 aliphatic rings. The maximum Gasteiger partial charge on any atom is 0.193 e. The molecule has 5 nitrogen and oxygen atoms in total. The molecule has 25 heavy (non-hydrogen) atoms. The molecule has 0 radical (unpaired) electrons. The first-order chi connectivity index (χ1) is 11.8. The number of nitrogens with zero attached hydrogens (tertiary/aromatic N) is 2. The Bertz CT molecular complexity index is 500. The van der Waals surface area contributed by atoms with Crippen molar-refractivity contribution in [2.24, 2.45) is 4.99 Å². The van der Waals surface area contributed by atoms with Gasteiger partial charge in [-0.25, -0.2) is 0 Å². The Balaban J connectivity index is 0.00000312. The Morgan fingerprint density at radius 1 is 1.24 bits per heavy atom. The van der Waals surface area contributed by atoms with E-state index in [9.17, 15) is 0 Å². The summed E-state index contributed by atoms with van der Waals surface area (Å²) < 4.78 is 10.9. The number of halogens is 1. The van der Waals surface area contributed by atoms with E-state index in [4.69, 9.17) is 9.47 Å². The van der Waals surface area contributed by atoms with Crippen LogP contribution in [0.2, 0.25) is 0 Å². The van der Waals surface area contributed by atoms with Crippen molar-refractivity contribution in [1.82, 2.24) is 10.2 Å². The van der Waals surface area contributed by atoms with E-state index in [2.05, 4.69) is 34.3 Å². The van der Waals surface area contributed by atoms with Crippen molar-refractivity contribution < 1.29 is 9.47 Å². The molecule has 142 valence electrons. The van der Waals surface area contributed by atoms with Crippen LogP contribution in [0.25, 0.3) is 0 Å². The minimum atomic E-state index is 0. The molecule has 0 aromatic heterocycles. The van der Waals surface area contributed by atoms with Gasteiger partial charge in [0.15, 0.2) is 5.96 Å². The molecule has 1 N–H and O–H groups in total. The average Bonchev–Trinajstić information content (AvgIpc) is 2.63. The second-order valence-corrected chi connectivity index (χ2v) is 6.07. The third-order valence-corrected chi connectivity index (χ3v) is 4.44. The summed E-state index contributed by atoms with van der Waals surface area (Å²) in [6.45, 7) is 5.84. The fourth-order valence-corrected chi connectivity index (χ4v) is 3.09. The van der Waals surface area contributed by atoms with Crippen LogP contribution in [0.4, 0.5) is 0 Å². The number of methoxy groups -OCH3 is 1. The highest BCUT2D eigenvalue weighted by atomic mass is 127. The van der Waals surface area contributed by atoms with E-state index in [1.807, 2.05) is 19.2 Å². The van der Waals surface area contributed by atoms with Gasteiger partial charge in [0.25, 0.3) is 0 Å². The van der Waals surface area contributed by atoms with Gasteiger partial charge in [0.1, 0.15) is 5.75 Å². The Morgan fingerprint density at radius 3 is 2.48 bits per heavy atom. The van der Waals surface area contributed by atoms with Crippen LogP contribution in [0.15, 0.2) is 29.3 Å². The predicted molar refractivity (Wildman–Crippen MR) is 114 cm³/mol. The molecule has 1 saturated heterocycles. The fraction of sp³-hybridized carbons (Fsp3) is 0.632. The standard InChI is InChI=1S/C19H31N3O2.HI/c1-4-24-18-11-14-22(15-12-18)19(20-2)21-13-5-6-16-7-9-17(23-3)10-8-16;/h7-10,18H,4-6,11-15H2,1-3H3,(H,20,21);1H. The van der Waals surface area contributed by atoms with E-state index >= 15 is 0 Å². The molecule has 1 aromatic rings. The number of guanidine groups is 1. The third-order valence-electron chi connectivity index (χ3n) is 4.44. The van der Waals surface area contributed by atoms with Gasteiger partial charge < -0.3 is 19.7 Å². The molecule has 0 spiro atoms. The summed E-state index contributed by atoms with van der Waals surface area (Å²) in [4.78, 5) is 6.76. The summed E-state index contributed by atoms with van der Waals surface area (Å²) in [5, 5.41) is 3.49. The van der Waals surface area contributed by atoms with Crippen molar-refractivity contribution >= 4 is 29.9 Å². The lowest BCUT2D eigenvalue weighted by atomic mass is 10.1. The van der Waals surface area contributed by atoms with Gasteiger partial charge in [0.05, 0.1) is 13.2 Å². The molecule has 0 atom stereocenters. The molecule has 1 aromatic carbocycles. The number of hydrogen-bond donors (Lipinski definition) is 1. The SMILES string of the molecule is CCOC1CCN(C(=NC)NCCCc2ccc(OC)cc2)CC1.I. The van der Waals surface area contributed by atoms with Crippen LogP contribution in [-0.2, 0) is 11.2 Å². The van der Waals surface area contributed by atoms with E-state index < -0.39 is 0 Å². The van der Waals surface area contributed by atoms with E-state index in [-0.39, 0.29) is 24.0 Å². The number of rotatable bonds is 7. The average molecular weight is 461 g/mol. The topological polar surface area (TPSA) is 46.1 Å². The number of aliphatic imine (C=N–C) groups is 1. The first-order valence-corrected chi connectivity index (χ1v) is 8.97. The lowest BCUT2D eigenvalue weighted by molar-refractivity contribution is 0.0264.